The number of aromatic nitrogens is 1. The second-order valence-corrected chi connectivity index (χ2v) is 6.13. The van der Waals surface area contributed by atoms with Gasteiger partial charge in [0.15, 0.2) is 0 Å². The highest BCUT2D eigenvalue weighted by molar-refractivity contribution is 5.86. The molecule has 1 heteroatoms. The maximum Gasteiger partial charge on any atom is 0.0564 e. The molecule has 0 aliphatic carbocycles. The van der Waals surface area contributed by atoms with Crippen LogP contribution >= 0.6 is 0 Å². The average Bonchev–Trinajstić information content (AvgIpc) is 3.09. The second-order valence-electron chi connectivity index (χ2n) is 6.13. The topological polar surface area (TPSA) is 4.93 Å². The van der Waals surface area contributed by atoms with Gasteiger partial charge in [-0.3, -0.25) is 0 Å². The van der Waals surface area contributed by atoms with Crippen LogP contribution in [0.2, 0.25) is 0 Å². The van der Waals surface area contributed by atoms with E-state index >= 15 is 0 Å². The molecule has 0 bridgehead atoms. The van der Waals surface area contributed by atoms with Gasteiger partial charge >= 0.3 is 0 Å². The van der Waals surface area contributed by atoms with Crippen LogP contribution in [0.25, 0.3) is 33.6 Å². The molecular formula is C24H21N. The van der Waals surface area contributed by atoms with Crippen LogP contribution in [0.15, 0.2) is 97.1 Å². The van der Waals surface area contributed by atoms with Gasteiger partial charge in [0.05, 0.1) is 5.69 Å². The van der Waals surface area contributed by atoms with Crippen molar-refractivity contribution in [1.29, 1.82) is 0 Å². The van der Waals surface area contributed by atoms with E-state index in [1.807, 2.05) is 0 Å². The lowest BCUT2D eigenvalue weighted by atomic mass is 10.0. The van der Waals surface area contributed by atoms with E-state index in [9.17, 15) is 0 Å². The molecule has 0 fully saturated rings. The fraction of sp³-hybridized carbons (Fsp3) is 0.0833. The molecule has 1 aromatic heterocycles. The molecule has 122 valence electrons. The summed E-state index contributed by atoms with van der Waals surface area (Å²) in [6.07, 6.45) is 0. The van der Waals surface area contributed by atoms with Crippen LogP contribution in [0.5, 0.6) is 0 Å². The number of benzene rings is 3. The molecule has 4 rings (SSSR count). The van der Waals surface area contributed by atoms with E-state index in [1.165, 1.54) is 33.6 Å². The Morgan fingerprint density at radius 2 is 1.08 bits per heavy atom. The van der Waals surface area contributed by atoms with Crippen molar-refractivity contribution in [3.05, 3.63) is 97.1 Å². The van der Waals surface area contributed by atoms with Crippen LogP contribution < -0.4 is 0 Å². The van der Waals surface area contributed by atoms with Crippen molar-refractivity contribution in [3.63, 3.8) is 0 Å². The van der Waals surface area contributed by atoms with Crippen LogP contribution in [0.4, 0.5) is 0 Å². The summed E-state index contributed by atoms with van der Waals surface area (Å²) in [5.41, 5.74) is 7.60. The third kappa shape index (κ3) is 2.89. The number of hydrogen-bond acceptors (Lipinski definition) is 0. The summed E-state index contributed by atoms with van der Waals surface area (Å²) < 4.78 is 2.42. The predicted molar refractivity (Wildman–Crippen MR) is 106 cm³/mol. The normalized spacial score (nSPS) is 10.8. The highest BCUT2D eigenvalue weighted by Crippen LogP contribution is 2.38. The fourth-order valence-electron chi connectivity index (χ4n) is 3.47. The Hall–Kier alpha value is -3.06. The molecule has 0 saturated carbocycles. The van der Waals surface area contributed by atoms with Crippen molar-refractivity contribution in [2.75, 3.05) is 0 Å². The summed E-state index contributed by atoms with van der Waals surface area (Å²) in [6, 6.07) is 34.3. The molecule has 0 aliphatic rings. The standard InChI is InChI=1S/C24H21N/c1-2-25-23(20-14-8-4-9-15-20)18-22(19-12-6-3-7-13-19)24(25)21-16-10-5-11-17-21/h3-18H,2H2,1H3. The Morgan fingerprint density at radius 3 is 1.60 bits per heavy atom. The Morgan fingerprint density at radius 1 is 0.600 bits per heavy atom. The third-order valence-corrected chi connectivity index (χ3v) is 4.61. The molecule has 0 aliphatic heterocycles. The summed E-state index contributed by atoms with van der Waals surface area (Å²) in [6.45, 7) is 3.15. The molecule has 0 radical (unpaired) electrons. The molecule has 0 unspecified atom stereocenters. The summed E-state index contributed by atoms with van der Waals surface area (Å²) in [5.74, 6) is 0. The largest absolute Gasteiger partial charge is 0.340 e. The molecule has 0 N–H and O–H groups in total. The molecule has 25 heavy (non-hydrogen) atoms. The molecule has 4 aromatic rings. The summed E-state index contributed by atoms with van der Waals surface area (Å²) in [5, 5.41) is 0. The van der Waals surface area contributed by atoms with Crippen LogP contribution in [-0.2, 0) is 6.54 Å². The predicted octanol–water partition coefficient (Wildman–Crippen LogP) is 6.51. The third-order valence-electron chi connectivity index (χ3n) is 4.61. The minimum absolute atomic E-state index is 0.932. The Bertz CT molecular complexity index is 951. The first-order valence-electron chi connectivity index (χ1n) is 8.78. The monoisotopic (exact) mass is 323 g/mol. The van der Waals surface area contributed by atoms with Crippen LogP contribution in [0.1, 0.15) is 6.92 Å². The van der Waals surface area contributed by atoms with Gasteiger partial charge in [-0.25, -0.2) is 0 Å². The van der Waals surface area contributed by atoms with Gasteiger partial charge in [0.1, 0.15) is 0 Å². The van der Waals surface area contributed by atoms with Crippen LogP contribution in [0.3, 0.4) is 0 Å². The van der Waals surface area contributed by atoms with Gasteiger partial charge in [0.25, 0.3) is 0 Å². The van der Waals surface area contributed by atoms with E-state index < -0.39 is 0 Å². The second kappa shape index (κ2) is 6.82. The Balaban J connectivity index is 2.02. The fourth-order valence-corrected chi connectivity index (χ4v) is 3.47. The van der Waals surface area contributed by atoms with Gasteiger partial charge in [-0.2, -0.15) is 0 Å². The molecule has 3 aromatic carbocycles. The summed E-state index contributed by atoms with van der Waals surface area (Å²) in [4.78, 5) is 0. The Labute approximate surface area is 149 Å². The first kappa shape index (κ1) is 15.5. The van der Waals surface area contributed by atoms with Gasteiger partial charge < -0.3 is 4.57 Å². The van der Waals surface area contributed by atoms with Gasteiger partial charge in [-0.05, 0) is 29.7 Å². The first-order valence-corrected chi connectivity index (χ1v) is 8.78. The highest BCUT2D eigenvalue weighted by atomic mass is 15.0. The van der Waals surface area contributed by atoms with E-state index in [2.05, 4.69) is 109 Å². The first-order chi connectivity index (χ1) is 12.4. The zero-order valence-corrected chi connectivity index (χ0v) is 14.4. The minimum Gasteiger partial charge on any atom is -0.340 e. The number of nitrogens with zero attached hydrogens (tertiary/aromatic N) is 1. The molecule has 1 nitrogen and oxygen atoms in total. The lowest BCUT2D eigenvalue weighted by Crippen LogP contribution is -2.00. The van der Waals surface area contributed by atoms with Crippen molar-refractivity contribution in [1.82, 2.24) is 4.57 Å². The van der Waals surface area contributed by atoms with Crippen LogP contribution in [-0.4, -0.2) is 4.57 Å². The van der Waals surface area contributed by atoms with Gasteiger partial charge in [-0.1, -0.05) is 91.0 Å². The average molecular weight is 323 g/mol. The van der Waals surface area contributed by atoms with E-state index in [-0.39, 0.29) is 0 Å². The van der Waals surface area contributed by atoms with Crippen molar-refractivity contribution >= 4 is 0 Å². The molecule has 1 heterocycles. The van der Waals surface area contributed by atoms with Gasteiger partial charge in [0, 0.05) is 17.8 Å². The summed E-state index contributed by atoms with van der Waals surface area (Å²) >= 11 is 0. The minimum atomic E-state index is 0.932. The van der Waals surface area contributed by atoms with Crippen molar-refractivity contribution in [3.8, 4) is 33.6 Å². The molecule has 0 amide bonds. The number of hydrogen-bond donors (Lipinski definition) is 0. The molecule has 0 atom stereocenters. The number of rotatable bonds is 4. The smallest absolute Gasteiger partial charge is 0.0564 e. The van der Waals surface area contributed by atoms with E-state index in [1.54, 1.807) is 0 Å². The lowest BCUT2D eigenvalue weighted by molar-refractivity contribution is 0.785. The van der Waals surface area contributed by atoms with Gasteiger partial charge in [0.2, 0.25) is 0 Å². The van der Waals surface area contributed by atoms with E-state index in [0.29, 0.717) is 0 Å². The highest BCUT2D eigenvalue weighted by Gasteiger charge is 2.17. The lowest BCUT2D eigenvalue weighted by Gasteiger charge is -2.13. The maximum atomic E-state index is 2.42. The van der Waals surface area contributed by atoms with E-state index in [0.717, 1.165) is 6.54 Å². The summed E-state index contributed by atoms with van der Waals surface area (Å²) in [7, 11) is 0. The van der Waals surface area contributed by atoms with Crippen LogP contribution in [0, 0.1) is 0 Å². The van der Waals surface area contributed by atoms with Crippen molar-refractivity contribution < 1.29 is 0 Å². The van der Waals surface area contributed by atoms with Crippen molar-refractivity contribution in [2.45, 2.75) is 13.5 Å². The SMILES string of the molecule is CCn1c(-c2ccccc2)cc(-c2ccccc2)c1-c1ccccc1. The quantitative estimate of drug-likeness (QED) is 0.403. The van der Waals surface area contributed by atoms with E-state index in [4.69, 9.17) is 0 Å². The Kier molecular flexibility index (Phi) is 4.22. The molecular weight excluding hydrogens is 302 g/mol. The molecule has 0 spiro atoms. The van der Waals surface area contributed by atoms with Crippen molar-refractivity contribution in [2.24, 2.45) is 0 Å². The zero-order valence-electron chi connectivity index (χ0n) is 14.4. The molecule has 0 saturated heterocycles. The maximum absolute atomic E-state index is 2.42. The van der Waals surface area contributed by atoms with Gasteiger partial charge in [-0.15, -0.1) is 0 Å². The zero-order chi connectivity index (χ0) is 17.1.